The molecule has 0 atom stereocenters. The fourth-order valence-electron chi connectivity index (χ4n) is 8.12. The molecular weight excluding hydrogens is 535 g/mol. The normalized spacial score (nSPS) is 13.5. The number of hydrogen-bond acceptors (Lipinski definition) is 2. The summed E-state index contributed by atoms with van der Waals surface area (Å²) in [6.45, 7) is 0.000878. The van der Waals surface area contributed by atoms with Gasteiger partial charge in [-0.05, 0) is 80.9 Å². The Balaban J connectivity index is 1.35. The second kappa shape index (κ2) is 8.00. The minimum Gasteiger partial charge on any atom is -0.453 e. The predicted octanol–water partition coefficient (Wildman–Crippen LogP) is 9.14. The van der Waals surface area contributed by atoms with Crippen LogP contribution in [0.15, 0.2) is 140 Å². The molecule has 0 N–H and O–H groups in total. The molecule has 0 saturated carbocycles. The van der Waals surface area contributed by atoms with E-state index < -0.39 is 0 Å². The van der Waals surface area contributed by atoms with Crippen molar-refractivity contribution in [3.63, 3.8) is 0 Å². The van der Waals surface area contributed by atoms with E-state index in [0.717, 1.165) is 22.9 Å². The van der Waals surface area contributed by atoms with Crippen LogP contribution < -0.4 is 20.6 Å². The molecule has 4 heterocycles. The molecule has 7 aromatic carbocycles. The van der Waals surface area contributed by atoms with Crippen LogP contribution in [0.2, 0.25) is 0 Å². The van der Waals surface area contributed by atoms with Gasteiger partial charge in [-0.15, -0.1) is 0 Å². The van der Waals surface area contributed by atoms with Crippen molar-refractivity contribution >= 4 is 67.4 Å². The van der Waals surface area contributed by atoms with Crippen molar-refractivity contribution in [2.45, 2.75) is 0 Å². The van der Waals surface area contributed by atoms with E-state index in [1.807, 2.05) is 0 Å². The molecule has 0 spiro atoms. The van der Waals surface area contributed by atoms with Crippen molar-refractivity contribution in [2.75, 3.05) is 4.90 Å². The first-order chi connectivity index (χ1) is 21.8. The van der Waals surface area contributed by atoms with Crippen molar-refractivity contribution in [3.05, 3.63) is 140 Å². The van der Waals surface area contributed by atoms with Gasteiger partial charge in [0.15, 0.2) is 11.5 Å². The molecule has 0 unspecified atom stereocenters. The molecule has 0 bridgehead atoms. The quantitative estimate of drug-likeness (QED) is 0.187. The Kier molecular flexibility index (Phi) is 4.15. The Hall–Kier alpha value is -5.74. The zero-order valence-corrected chi connectivity index (χ0v) is 23.7. The zero-order valence-electron chi connectivity index (χ0n) is 23.7. The van der Waals surface area contributed by atoms with Crippen LogP contribution >= 0.6 is 0 Å². The molecule has 202 valence electrons. The maximum Gasteiger partial charge on any atom is 0.333 e. The maximum atomic E-state index is 6.61. The summed E-state index contributed by atoms with van der Waals surface area (Å²) in [4.78, 5) is 2.46. The SMILES string of the molecule is c1ccc(-c2cc3c4c(c2)N2c5ccccc5Oc5cccc(c52)B4n2c4cc5ccccc5cc4c4cccc-3c42)cc1. The third-order valence-electron chi connectivity index (χ3n) is 9.89. The Morgan fingerprint density at radius 3 is 2.20 bits per heavy atom. The van der Waals surface area contributed by atoms with Crippen molar-refractivity contribution in [2.24, 2.45) is 0 Å². The number of fused-ring (bicyclic) bond motifs is 10. The Morgan fingerprint density at radius 2 is 1.30 bits per heavy atom. The van der Waals surface area contributed by atoms with E-state index in [1.54, 1.807) is 0 Å². The lowest BCUT2D eigenvalue weighted by atomic mass is 9.45. The first-order valence-corrected chi connectivity index (χ1v) is 15.2. The van der Waals surface area contributed by atoms with Gasteiger partial charge in [-0.25, -0.2) is 0 Å². The van der Waals surface area contributed by atoms with Crippen molar-refractivity contribution < 1.29 is 4.74 Å². The van der Waals surface area contributed by atoms with Crippen molar-refractivity contribution in [3.8, 4) is 33.8 Å². The fourth-order valence-corrected chi connectivity index (χ4v) is 8.12. The lowest BCUT2D eigenvalue weighted by Gasteiger charge is -2.43. The molecule has 8 aromatic rings. The minimum atomic E-state index is 0.000878. The van der Waals surface area contributed by atoms with Gasteiger partial charge in [-0.3, -0.25) is 0 Å². The zero-order chi connectivity index (χ0) is 28.5. The molecular formula is C40H23BN2O. The number of rotatable bonds is 1. The molecule has 3 nitrogen and oxygen atoms in total. The van der Waals surface area contributed by atoms with Crippen LogP contribution in [-0.4, -0.2) is 11.3 Å². The average molecular weight is 558 g/mol. The van der Waals surface area contributed by atoms with Gasteiger partial charge >= 0.3 is 6.85 Å². The highest BCUT2D eigenvalue weighted by molar-refractivity contribution is 6.90. The maximum absolute atomic E-state index is 6.61. The monoisotopic (exact) mass is 558 g/mol. The van der Waals surface area contributed by atoms with E-state index in [0.29, 0.717) is 0 Å². The predicted molar refractivity (Wildman–Crippen MR) is 183 cm³/mol. The van der Waals surface area contributed by atoms with Gasteiger partial charge in [0.25, 0.3) is 0 Å². The van der Waals surface area contributed by atoms with Gasteiger partial charge < -0.3 is 14.1 Å². The van der Waals surface area contributed by atoms with Crippen LogP contribution in [0.1, 0.15) is 0 Å². The van der Waals surface area contributed by atoms with E-state index in [9.17, 15) is 0 Å². The van der Waals surface area contributed by atoms with E-state index in [1.165, 1.54) is 71.4 Å². The van der Waals surface area contributed by atoms with E-state index in [-0.39, 0.29) is 6.85 Å². The molecule has 3 aliphatic heterocycles. The molecule has 0 amide bonds. The first kappa shape index (κ1) is 22.8. The van der Waals surface area contributed by atoms with Gasteiger partial charge in [-0.1, -0.05) is 97.1 Å². The number of nitrogens with zero attached hydrogens (tertiary/aromatic N) is 2. The van der Waals surface area contributed by atoms with Gasteiger partial charge in [0, 0.05) is 33.1 Å². The number of hydrogen-bond donors (Lipinski definition) is 0. The number of ether oxygens (including phenoxy) is 1. The van der Waals surface area contributed by atoms with Crippen LogP contribution in [-0.2, 0) is 0 Å². The number of para-hydroxylation sites is 4. The van der Waals surface area contributed by atoms with Crippen LogP contribution in [0.4, 0.5) is 17.1 Å². The van der Waals surface area contributed by atoms with Crippen LogP contribution in [0, 0.1) is 0 Å². The Bertz CT molecular complexity index is 2550. The molecule has 0 aliphatic carbocycles. The van der Waals surface area contributed by atoms with Gasteiger partial charge in [0.05, 0.1) is 11.4 Å². The first-order valence-electron chi connectivity index (χ1n) is 15.2. The molecule has 44 heavy (non-hydrogen) atoms. The molecule has 0 radical (unpaired) electrons. The number of aromatic nitrogens is 1. The van der Waals surface area contributed by atoms with Crippen LogP contribution in [0.5, 0.6) is 11.5 Å². The fraction of sp³-hybridized carbons (Fsp3) is 0. The van der Waals surface area contributed by atoms with Gasteiger partial charge in [0.1, 0.15) is 0 Å². The third kappa shape index (κ3) is 2.74. The van der Waals surface area contributed by atoms with E-state index >= 15 is 0 Å². The minimum absolute atomic E-state index is 0.000878. The molecule has 0 fully saturated rings. The average Bonchev–Trinajstić information content (AvgIpc) is 3.40. The summed E-state index contributed by atoms with van der Waals surface area (Å²) in [5, 5.41) is 5.13. The summed E-state index contributed by atoms with van der Waals surface area (Å²) >= 11 is 0. The highest BCUT2D eigenvalue weighted by Crippen LogP contribution is 2.53. The van der Waals surface area contributed by atoms with Crippen LogP contribution in [0.3, 0.4) is 0 Å². The standard InChI is InChI=1S/C40H23BN2O/c1-2-10-24(11-3-1)27-21-31-29-15-8-14-28-30-20-25-12-4-5-13-26(25)22-34(30)43(39(28)29)41-32-16-9-19-37-40(32)42(35(23-27)38(31)41)33-17-6-7-18-36(33)44-37/h1-23H. The summed E-state index contributed by atoms with van der Waals surface area (Å²) in [6, 6.07) is 50.9. The van der Waals surface area contributed by atoms with E-state index in [2.05, 4.69) is 149 Å². The summed E-state index contributed by atoms with van der Waals surface area (Å²) in [7, 11) is 0. The largest absolute Gasteiger partial charge is 0.453 e. The highest BCUT2D eigenvalue weighted by atomic mass is 16.5. The molecule has 0 saturated heterocycles. The smallest absolute Gasteiger partial charge is 0.333 e. The second-order valence-corrected chi connectivity index (χ2v) is 12.1. The second-order valence-electron chi connectivity index (χ2n) is 12.1. The van der Waals surface area contributed by atoms with Crippen LogP contribution in [0.25, 0.3) is 54.8 Å². The van der Waals surface area contributed by atoms with Crippen molar-refractivity contribution in [1.82, 2.24) is 4.48 Å². The van der Waals surface area contributed by atoms with Crippen molar-refractivity contribution in [1.29, 1.82) is 0 Å². The summed E-state index contributed by atoms with van der Waals surface area (Å²) in [5.74, 6) is 1.78. The molecule has 3 aliphatic rings. The van der Waals surface area contributed by atoms with Gasteiger partial charge in [0.2, 0.25) is 0 Å². The molecule has 4 heteroatoms. The molecule has 1 aromatic heterocycles. The lowest BCUT2D eigenvalue weighted by molar-refractivity contribution is 0.477. The third-order valence-corrected chi connectivity index (χ3v) is 9.89. The Morgan fingerprint density at radius 1 is 0.523 bits per heavy atom. The summed E-state index contributed by atoms with van der Waals surface area (Å²) in [6.07, 6.45) is 0. The summed E-state index contributed by atoms with van der Waals surface area (Å²) < 4.78 is 9.23. The topological polar surface area (TPSA) is 17.4 Å². The molecule has 11 rings (SSSR count). The lowest BCUT2D eigenvalue weighted by Crippen LogP contribution is -2.57. The number of benzene rings is 7. The highest BCUT2D eigenvalue weighted by Gasteiger charge is 2.45. The number of anilines is 3. The summed E-state index contributed by atoms with van der Waals surface area (Å²) in [5.41, 5.74) is 13.6. The van der Waals surface area contributed by atoms with E-state index in [4.69, 9.17) is 4.74 Å². The van der Waals surface area contributed by atoms with Gasteiger partial charge in [-0.2, -0.15) is 0 Å². The Labute approximate surface area is 254 Å².